The van der Waals surface area contributed by atoms with Crippen molar-refractivity contribution in [3.8, 4) is 11.1 Å². The highest BCUT2D eigenvalue weighted by molar-refractivity contribution is 6.31. The molecule has 1 unspecified atom stereocenters. The van der Waals surface area contributed by atoms with Gasteiger partial charge in [-0.25, -0.2) is 4.98 Å². The van der Waals surface area contributed by atoms with Crippen LogP contribution in [0.15, 0.2) is 30.9 Å². The summed E-state index contributed by atoms with van der Waals surface area (Å²) in [6, 6.07) is 3.93. The van der Waals surface area contributed by atoms with Gasteiger partial charge in [0.2, 0.25) is 0 Å². The van der Waals surface area contributed by atoms with E-state index in [9.17, 15) is 5.11 Å². The average Bonchev–Trinajstić information content (AvgIpc) is 3.28. The van der Waals surface area contributed by atoms with Gasteiger partial charge in [-0.15, -0.1) is 0 Å². The van der Waals surface area contributed by atoms with Crippen LogP contribution in [0, 0.1) is 0 Å². The lowest BCUT2D eigenvalue weighted by molar-refractivity contribution is 0.0696. The number of likely N-dealkylation sites (tertiary alicyclic amines) is 1. The summed E-state index contributed by atoms with van der Waals surface area (Å²) in [6.07, 6.45) is 8.74. The lowest BCUT2D eigenvalue weighted by Crippen LogP contribution is -2.38. The Bertz CT molecular complexity index is 987. The van der Waals surface area contributed by atoms with Crippen LogP contribution in [0.25, 0.3) is 22.2 Å². The van der Waals surface area contributed by atoms with Gasteiger partial charge in [-0.3, -0.25) is 4.68 Å². The zero-order valence-corrected chi connectivity index (χ0v) is 18.2. The van der Waals surface area contributed by atoms with Gasteiger partial charge in [0.05, 0.1) is 35.2 Å². The summed E-state index contributed by atoms with van der Waals surface area (Å²) in [5.41, 5.74) is 4.04. The van der Waals surface area contributed by atoms with E-state index >= 15 is 0 Å². The Balaban J connectivity index is 1.58. The maximum atomic E-state index is 9.87. The summed E-state index contributed by atoms with van der Waals surface area (Å²) >= 11 is 6.39. The van der Waals surface area contributed by atoms with Crippen LogP contribution in [0.4, 0.5) is 0 Å². The third kappa shape index (κ3) is 4.49. The molecule has 1 N–H and O–H groups in total. The highest BCUT2D eigenvalue weighted by atomic mass is 35.5. The molecule has 156 valence electrons. The number of fused-ring (bicyclic) bond motifs is 1. The predicted octanol–water partition coefficient (Wildman–Crippen LogP) is 4.16. The molecule has 1 saturated heterocycles. The van der Waals surface area contributed by atoms with Crippen molar-refractivity contribution in [3.05, 3.63) is 35.9 Å². The number of nitrogens with zero attached hydrogens (tertiary/aromatic N) is 5. The first-order valence-electron chi connectivity index (χ1n) is 10.4. The van der Waals surface area contributed by atoms with E-state index in [0.29, 0.717) is 5.02 Å². The van der Waals surface area contributed by atoms with Crippen LogP contribution < -0.4 is 0 Å². The van der Waals surface area contributed by atoms with Crippen molar-refractivity contribution in [1.29, 1.82) is 0 Å². The Morgan fingerprint density at radius 3 is 2.79 bits per heavy atom. The molecule has 3 aromatic rings. The lowest BCUT2D eigenvalue weighted by atomic mass is 10.1. The van der Waals surface area contributed by atoms with Gasteiger partial charge in [0.25, 0.3) is 0 Å². The van der Waals surface area contributed by atoms with Gasteiger partial charge in [-0.05, 0) is 65.3 Å². The monoisotopic (exact) mass is 415 g/mol. The highest BCUT2D eigenvalue weighted by Crippen LogP contribution is 2.32. The van der Waals surface area contributed by atoms with Crippen LogP contribution in [0.2, 0.25) is 5.02 Å². The molecule has 7 heteroatoms. The van der Waals surface area contributed by atoms with Crippen molar-refractivity contribution in [2.45, 2.75) is 58.2 Å². The molecule has 0 aliphatic carbocycles. The van der Waals surface area contributed by atoms with Gasteiger partial charge in [0, 0.05) is 35.4 Å². The van der Waals surface area contributed by atoms with E-state index in [1.165, 1.54) is 0 Å². The predicted molar refractivity (Wildman–Crippen MR) is 117 cm³/mol. The van der Waals surface area contributed by atoms with Crippen molar-refractivity contribution in [2.75, 3.05) is 19.6 Å². The molecule has 0 saturated carbocycles. The van der Waals surface area contributed by atoms with Crippen LogP contribution in [-0.2, 0) is 12.1 Å². The number of rotatable bonds is 5. The van der Waals surface area contributed by atoms with Gasteiger partial charge < -0.3 is 14.6 Å². The summed E-state index contributed by atoms with van der Waals surface area (Å²) in [5, 5.41) is 15.1. The first-order valence-corrected chi connectivity index (χ1v) is 10.8. The SMILES string of the molecule is CC(C)(C)n1cc(-c2cc(Cl)cc3ncn(CCCN4CCCC(O)C4)c23)cn1. The maximum absolute atomic E-state index is 9.87. The largest absolute Gasteiger partial charge is 0.392 e. The van der Waals surface area contributed by atoms with Gasteiger partial charge in [0.1, 0.15) is 0 Å². The second-order valence-corrected chi connectivity index (χ2v) is 9.49. The van der Waals surface area contributed by atoms with E-state index in [1.807, 2.05) is 29.3 Å². The van der Waals surface area contributed by atoms with E-state index in [0.717, 1.165) is 67.6 Å². The van der Waals surface area contributed by atoms with Crippen molar-refractivity contribution < 1.29 is 5.11 Å². The minimum Gasteiger partial charge on any atom is -0.392 e. The summed E-state index contributed by atoms with van der Waals surface area (Å²) in [5.74, 6) is 0. The van der Waals surface area contributed by atoms with E-state index in [2.05, 4.69) is 46.5 Å². The molecular weight excluding hydrogens is 386 g/mol. The minimum atomic E-state index is -0.175. The van der Waals surface area contributed by atoms with Gasteiger partial charge >= 0.3 is 0 Å². The first kappa shape index (κ1) is 20.4. The third-order valence-electron chi connectivity index (χ3n) is 5.61. The molecule has 0 radical (unpaired) electrons. The summed E-state index contributed by atoms with van der Waals surface area (Å²) in [4.78, 5) is 6.96. The standard InChI is InChI=1S/C22H30ClN5O/c1-22(2,3)28-13-16(12-25-28)19-10-17(23)11-20-21(19)27(15-24-20)9-5-8-26-7-4-6-18(29)14-26/h10-13,15,18,29H,4-9,14H2,1-3H3. The average molecular weight is 416 g/mol. The Kier molecular flexibility index (Phi) is 5.69. The number of aryl methyl sites for hydroxylation is 1. The van der Waals surface area contributed by atoms with Crippen molar-refractivity contribution in [1.82, 2.24) is 24.2 Å². The number of β-amino-alcohol motifs (C(OH)–C–C–N with tert-alkyl or cyclic N) is 1. The summed E-state index contributed by atoms with van der Waals surface area (Å²) in [7, 11) is 0. The van der Waals surface area contributed by atoms with Crippen LogP contribution >= 0.6 is 11.6 Å². The Morgan fingerprint density at radius 2 is 2.07 bits per heavy atom. The van der Waals surface area contributed by atoms with E-state index < -0.39 is 0 Å². The van der Waals surface area contributed by atoms with E-state index in [1.54, 1.807) is 0 Å². The van der Waals surface area contributed by atoms with Gasteiger partial charge in [-0.1, -0.05) is 11.6 Å². The topological polar surface area (TPSA) is 59.1 Å². The van der Waals surface area contributed by atoms with Crippen molar-refractivity contribution in [2.24, 2.45) is 0 Å². The molecule has 0 bridgehead atoms. The zero-order valence-electron chi connectivity index (χ0n) is 17.5. The van der Waals surface area contributed by atoms with Crippen LogP contribution in [0.3, 0.4) is 0 Å². The smallest absolute Gasteiger partial charge is 0.0958 e. The van der Waals surface area contributed by atoms with Crippen molar-refractivity contribution in [3.63, 3.8) is 0 Å². The number of hydrogen-bond acceptors (Lipinski definition) is 4. The number of benzene rings is 1. The molecule has 1 aliphatic heterocycles. The molecule has 1 aliphatic rings. The zero-order chi connectivity index (χ0) is 20.6. The number of hydrogen-bond donors (Lipinski definition) is 1. The molecule has 1 atom stereocenters. The Labute approximate surface area is 177 Å². The fourth-order valence-corrected chi connectivity index (χ4v) is 4.30. The number of imidazole rings is 1. The molecule has 4 rings (SSSR count). The molecule has 1 aromatic carbocycles. The number of aromatic nitrogens is 4. The Hall–Kier alpha value is -1.89. The quantitative estimate of drug-likeness (QED) is 0.679. The molecule has 29 heavy (non-hydrogen) atoms. The van der Waals surface area contributed by atoms with Crippen LogP contribution in [-0.4, -0.2) is 55.1 Å². The van der Waals surface area contributed by atoms with Crippen molar-refractivity contribution >= 4 is 22.6 Å². The normalized spacial score (nSPS) is 18.6. The van der Waals surface area contributed by atoms with Gasteiger partial charge in [0.15, 0.2) is 0 Å². The third-order valence-corrected chi connectivity index (χ3v) is 5.83. The lowest BCUT2D eigenvalue weighted by Gasteiger charge is -2.29. The van der Waals surface area contributed by atoms with Crippen LogP contribution in [0.1, 0.15) is 40.0 Å². The molecule has 3 heterocycles. The second kappa shape index (κ2) is 8.09. The highest BCUT2D eigenvalue weighted by Gasteiger charge is 2.19. The number of aliphatic hydroxyl groups is 1. The second-order valence-electron chi connectivity index (χ2n) is 9.05. The number of aliphatic hydroxyl groups excluding tert-OH is 1. The van der Waals surface area contributed by atoms with Gasteiger partial charge in [-0.2, -0.15) is 5.10 Å². The molecule has 6 nitrogen and oxygen atoms in total. The Morgan fingerprint density at radius 1 is 1.24 bits per heavy atom. The van der Waals surface area contributed by atoms with E-state index in [-0.39, 0.29) is 11.6 Å². The fourth-order valence-electron chi connectivity index (χ4n) is 4.09. The summed E-state index contributed by atoms with van der Waals surface area (Å²) in [6.45, 7) is 10.1. The van der Waals surface area contributed by atoms with E-state index in [4.69, 9.17) is 11.6 Å². The summed E-state index contributed by atoms with van der Waals surface area (Å²) < 4.78 is 4.20. The fraction of sp³-hybridized carbons (Fsp3) is 0.545. The number of piperidine rings is 1. The molecular formula is C22H30ClN5O. The molecule has 2 aromatic heterocycles. The number of halogens is 1. The molecule has 0 spiro atoms. The molecule has 0 amide bonds. The maximum Gasteiger partial charge on any atom is 0.0958 e. The van der Waals surface area contributed by atoms with Crippen LogP contribution in [0.5, 0.6) is 0 Å². The first-order chi connectivity index (χ1) is 13.8. The minimum absolute atomic E-state index is 0.0742. The molecule has 1 fully saturated rings.